The summed E-state index contributed by atoms with van der Waals surface area (Å²) in [7, 11) is 0. The van der Waals surface area contributed by atoms with E-state index in [0.717, 1.165) is 0 Å². The number of amides is 1. The Morgan fingerprint density at radius 1 is 1.48 bits per heavy atom. The fourth-order valence-corrected chi connectivity index (χ4v) is 2.57. The van der Waals surface area contributed by atoms with Crippen molar-refractivity contribution in [2.45, 2.75) is 26.7 Å². The summed E-state index contributed by atoms with van der Waals surface area (Å²) >= 11 is 0. The van der Waals surface area contributed by atoms with E-state index in [4.69, 9.17) is 0 Å². The van der Waals surface area contributed by atoms with E-state index in [2.05, 4.69) is 0 Å². The molecule has 1 unspecified atom stereocenters. The Hall–Kier alpha value is -2.24. The molecule has 112 valence electrons. The molecule has 0 spiro atoms. The van der Waals surface area contributed by atoms with Gasteiger partial charge in [0.1, 0.15) is 5.78 Å². The number of carbonyl (C=O) groups excluding carboxylic acids is 2. The maximum Gasteiger partial charge on any atom is 0.273 e. The molecule has 0 radical (unpaired) electrons. The largest absolute Gasteiger partial charge is 0.337 e. The van der Waals surface area contributed by atoms with Crippen LogP contribution in [0.25, 0.3) is 0 Å². The van der Waals surface area contributed by atoms with Crippen molar-refractivity contribution < 1.29 is 14.5 Å². The molecule has 0 aliphatic carbocycles. The highest BCUT2D eigenvalue weighted by Crippen LogP contribution is 2.22. The van der Waals surface area contributed by atoms with E-state index in [1.807, 2.05) is 6.92 Å². The van der Waals surface area contributed by atoms with Gasteiger partial charge in [0.05, 0.1) is 4.92 Å². The van der Waals surface area contributed by atoms with Gasteiger partial charge in [0.15, 0.2) is 0 Å². The number of piperidine rings is 1. The Morgan fingerprint density at radius 3 is 2.81 bits per heavy atom. The first-order valence-electron chi connectivity index (χ1n) is 7.01. The van der Waals surface area contributed by atoms with Crippen LogP contribution >= 0.6 is 0 Å². The summed E-state index contributed by atoms with van der Waals surface area (Å²) in [4.78, 5) is 36.2. The van der Waals surface area contributed by atoms with Crippen LogP contribution in [0.3, 0.4) is 0 Å². The second-order valence-corrected chi connectivity index (χ2v) is 5.33. The first-order chi connectivity index (χ1) is 9.93. The molecule has 1 saturated heterocycles. The number of ketones is 1. The minimum Gasteiger partial charge on any atom is -0.337 e. The zero-order valence-corrected chi connectivity index (χ0v) is 12.2. The van der Waals surface area contributed by atoms with Crippen LogP contribution in [0.4, 0.5) is 5.69 Å². The van der Waals surface area contributed by atoms with Crippen LogP contribution in [0.15, 0.2) is 18.2 Å². The van der Waals surface area contributed by atoms with E-state index in [0.29, 0.717) is 37.1 Å². The molecular weight excluding hydrogens is 272 g/mol. The average molecular weight is 290 g/mol. The molecule has 1 aliphatic rings. The van der Waals surface area contributed by atoms with E-state index < -0.39 is 4.92 Å². The van der Waals surface area contributed by atoms with Gasteiger partial charge in [-0.2, -0.15) is 0 Å². The van der Waals surface area contributed by atoms with Crippen LogP contribution in [0.1, 0.15) is 35.7 Å². The lowest BCUT2D eigenvalue weighted by Crippen LogP contribution is -2.43. The second-order valence-electron chi connectivity index (χ2n) is 5.33. The lowest BCUT2D eigenvalue weighted by Gasteiger charge is -2.31. The number of hydrogen-bond acceptors (Lipinski definition) is 4. The van der Waals surface area contributed by atoms with E-state index in [9.17, 15) is 19.7 Å². The highest BCUT2D eigenvalue weighted by molar-refractivity contribution is 5.96. The molecule has 21 heavy (non-hydrogen) atoms. The molecule has 0 saturated carbocycles. The maximum atomic E-state index is 12.4. The third kappa shape index (κ3) is 3.09. The number of aryl methyl sites for hydroxylation is 1. The van der Waals surface area contributed by atoms with E-state index in [-0.39, 0.29) is 23.3 Å². The topological polar surface area (TPSA) is 80.5 Å². The number of hydrogen-bond donors (Lipinski definition) is 0. The fourth-order valence-electron chi connectivity index (χ4n) is 2.57. The van der Waals surface area contributed by atoms with E-state index in [1.54, 1.807) is 24.0 Å². The van der Waals surface area contributed by atoms with Crippen LogP contribution in [-0.4, -0.2) is 34.6 Å². The highest BCUT2D eigenvalue weighted by atomic mass is 16.6. The molecular formula is C15H18N2O4. The Balaban J connectivity index is 2.22. The summed E-state index contributed by atoms with van der Waals surface area (Å²) in [6.07, 6.45) is 1.06. The summed E-state index contributed by atoms with van der Waals surface area (Å²) < 4.78 is 0. The standard InChI is InChI=1S/C15H18N2O4/c1-3-11-9-16(7-6-14(11)18)15(19)12-5-4-10(2)13(8-12)17(20)21/h4-5,8,11H,3,6-7,9H2,1-2H3. The summed E-state index contributed by atoms with van der Waals surface area (Å²) in [5.41, 5.74) is 0.772. The van der Waals surface area contributed by atoms with Crippen LogP contribution in [0.5, 0.6) is 0 Å². The van der Waals surface area contributed by atoms with Gasteiger partial charge in [-0.25, -0.2) is 0 Å². The fraction of sp³-hybridized carbons (Fsp3) is 0.467. The number of benzene rings is 1. The molecule has 0 N–H and O–H groups in total. The van der Waals surface area contributed by atoms with Crippen molar-refractivity contribution in [3.63, 3.8) is 0 Å². The van der Waals surface area contributed by atoms with Gasteiger partial charge in [-0.15, -0.1) is 0 Å². The molecule has 6 nitrogen and oxygen atoms in total. The summed E-state index contributed by atoms with van der Waals surface area (Å²) in [5.74, 6) is -0.177. The predicted molar refractivity (Wildman–Crippen MR) is 77.1 cm³/mol. The van der Waals surface area contributed by atoms with Gasteiger partial charge in [-0.05, 0) is 19.4 Å². The van der Waals surface area contributed by atoms with Gasteiger partial charge in [0, 0.05) is 42.6 Å². The third-order valence-electron chi connectivity index (χ3n) is 3.96. The number of rotatable bonds is 3. The highest BCUT2D eigenvalue weighted by Gasteiger charge is 2.29. The second kappa shape index (κ2) is 6.03. The number of Topliss-reactive ketones (excluding diaryl/α,β-unsaturated/α-hetero) is 1. The molecule has 1 amide bonds. The third-order valence-corrected chi connectivity index (χ3v) is 3.96. The Kier molecular flexibility index (Phi) is 4.35. The van der Waals surface area contributed by atoms with Crippen molar-refractivity contribution >= 4 is 17.4 Å². The lowest BCUT2D eigenvalue weighted by molar-refractivity contribution is -0.385. The monoisotopic (exact) mass is 290 g/mol. The Morgan fingerprint density at radius 2 is 2.19 bits per heavy atom. The SMILES string of the molecule is CCC1CN(C(=O)c2ccc(C)c([N+](=O)[O-])c2)CCC1=O. The molecule has 2 rings (SSSR count). The molecule has 1 heterocycles. The normalized spacial score (nSPS) is 18.7. The molecule has 1 atom stereocenters. The predicted octanol–water partition coefficient (Wildman–Crippen LogP) is 2.34. The zero-order chi connectivity index (χ0) is 15.6. The smallest absolute Gasteiger partial charge is 0.273 e. The average Bonchev–Trinajstić information content (AvgIpc) is 2.47. The summed E-state index contributed by atoms with van der Waals surface area (Å²) in [6.45, 7) is 4.35. The minimum absolute atomic E-state index is 0.0547. The van der Waals surface area contributed by atoms with Crippen LogP contribution in [0, 0.1) is 23.0 Å². The molecule has 0 bridgehead atoms. The van der Waals surface area contributed by atoms with Gasteiger partial charge in [0.25, 0.3) is 11.6 Å². The van der Waals surface area contributed by atoms with Crippen molar-refractivity contribution in [2.75, 3.05) is 13.1 Å². The van der Waals surface area contributed by atoms with Crippen molar-refractivity contribution in [3.8, 4) is 0 Å². The lowest BCUT2D eigenvalue weighted by atomic mass is 9.93. The molecule has 0 aromatic heterocycles. The van der Waals surface area contributed by atoms with Crippen LogP contribution < -0.4 is 0 Å². The molecule has 6 heteroatoms. The van der Waals surface area contributed by atoms with Gasteiger partial charge in [-0.1, -0.05) is 13.0 Å². The van der Waals surface area contributed by atoms with Crippen molar-refractivity contribution in [3.05, 3.63) is 39.4 Å². The van der Waals surface area contributed by atoms with E-state index in [1.165, 1.54) is 6.07 Å². The number of likely N-dealkylation sites (tertiary alicyclic amines) is 1. The Bertz CT molecular complexity index is 597. The number of nitro groups is 1. The maximum absolute atomic E-state index is 12.4. The molecule has 1 aliphatic heterocycles. The number of nitro benzene ring substituents is 1. The summed E-state index contributed by atoms with van der Waals surface area (Å²) in [6, 6.07) is 4.49. The first kappa shape index (κ1) is 15.2. The zero-order valence-electron chi connectivity index (χ0n) is 12.2. The summed E-state index contributed by atoms with van der Waals surface area (Å²) in [5, 5.41) is 11.0. The van der Waals surface area contributed by atoms with Gasteiger partial charge in [-0.3, -0.25) is 19.7 Å². The molecule has 1 aromatic rings. The van der Waals surface area contributed by atoms with E-state index >= 15 is 0 Å². The minimum atomic E-state index is -0.485. The quantitative estimate of drug-likeness (QED) is 0.632. The first-order valence-corrected chi connectivity index (χ1v) is 7.01. The van der Waals surface area contributed by atoms with Gasteiger partial charge >= 0.3 is 0 Å². The Labute approximate surface area is 122 Å². The van der Waals surface area contributed by atoms with Crippen molar-refractivity contribution in [1.82, 2.24) is 4.90 Å². The van der Waals surface area contributed by atoms with Gasteiger partial charge < -0.3 is 4.90 Å². The molecule has 1 fully saturated rings. The molecule has 1 aromatic carbocycles. The number of carbonyl (C=O) groups is 2. The van der Waals surface area contributed by atoms with Crippen LogP contribution in [-0.2, 0) is 4.79 Å². The van der Waals surface area contributed by atoms with Crippen molar-refractivity contribution in [2.24, 2.45) is 5.92 Å². The van der Waals surface area contributed by atoms with Crippen molar-refractivity contribution in [1.29, 1.82) is 0 Å². The van der Waals surface area contributed by atoms with Crippen LogP contribution in [0.2, 0.25) is 0 Å². The number of nitrogens with zero attached hydrogens (tertiary/aromatic N) is 2. The van der Waals surface area contributed by atoms with Gasteiger partial charge in [0.2, 0.25) is 0 Å².